The standard InChI is InChI=1S/C51H42O9/c1-55-28-19-22-40(58-4)37(25-28)49(52)34-16-10-7-13-31(34)43-46(49)44-32-14-8-11-17-35(32)50(53,38-26-29(56-2)20-23-41(38)59-5)48(44)45-33-15-9-12-18-36(33)51(54,47(43)45)39-27-30(57-3)21-24-42(39)60-6/h7-27,52-54H,1-6H3/t49-,50-,51+/m1/s1. The highest BCUT2D eigenvalue weighted by Crippen LogP contribution is 2.70. The molecule has 9 heteroatoms. The molecule has 0 amide bonds. The van der Waals surface area contributed by atoms with Crippen LogP contribution >= 0.6 is 0 Å². The molecular weight excluding hydrogens is 757 g/mol. The Hall–Kier alpha value is -6.78. The third-order valence-corrected chi connectivity index (χ3v) is 12.7. The largest absolute Gasteiger partial charge is 0.497 e. The van der Waals surface area contributed by atoms with Gasteiger partial charge in [-0.05, 0) is 88.0 Å². The minimum absolute atomic E-state index is 0.416. The predicted molar refractivity (Wildman–Crippen MR) is 228 cm³/mol. The van der Waals surface area contributed by atoms with Gasteiger partial charge in [-0.1, -0.05) is 72.8 Å². The maximum Gasteiger partial charge on any atom is 0.146 e. The van der Waals surface area contributed by atoms with E-state index >= 15 is 0 Å². The van der Waals surface area contributed by atoms with Crippen molar-refractivity contribution in [3.63, 3.8) is 0 Å². The number of ether oxygens (including phenoxy) is 6. The molecule has 0 heterocycles. The Morgan fingerprint density at radius 1 is 0.317 bits per heavy atom. The Bertz CT molecular complexity index is 2590. The van der Waals surface area contributed by atoms with Crippen LogP contribution < -0.4 is 28.4 Å². The Morgan fingerprint density at radius 3 is 0.833 bits per heavy atom. The third kappa shape index (κ3) is 4.62. The molecule has 3 atom stereocenters. The Morgan fingerprint density at radius 2 is 0.583 bits per heavy atom. The van der Waals surface area contributed by atoms with Crippen LogP contribution in [0.4, 0.5) is 0 Å². The first-order chi connectivity index (χ1) is 29.1. The van der Waals surface area contributed by atoms with Crippen LogP contribution in [0, 0.1) is 0 Å². The van der Waals surface area contributed by atoms with Gasteiger partial charge in [0.05, 0.1) is 42.7 Å². The minimum atomic E-state index is -1.93. The molecule has 300 valence electrons. The minimum Gasteiger partial charge on any atom is -0.497 e. The quantitative estimate of drug-likeness (QED) is 0.132. The summed E-state index contributed by atoms with van der Waals surface area (Å²) in [7, 11) is 9.43. The first-order valence-electron chi connectivity index (χ1n) is 19.5. The fraction of sp³-hybridized carbons (Fsp3) is 0.176. The predicted octanol–water partition coefficient (Wildman–Crippen LogP) is 8.53. The van der Waals surface area contributed by atoms with Gasteiger partial charge in [0.15, 0.2) is 0 Å². The van der Waals surface area contributed by atoms with Gasteiger partial charge in [0, 0.05) is 50.1 Å². The van der Waals surface area contributed by atoms with Crippen molar-refractivity contribution in [2.24, 2.45) is 0 Å². The maximum atomic E-state index is 14.2. The first kappa shape index (κ1) is 37.5. The van der Waals surface area contributed by atoms with Crippen molar-refractivity contribution in [3.05, 3.63) is 177 Å². The van der Waals surface area contributed by atoms with E-state index in [2.05, 4.69) is 0 Å². The van der Waals surface area contributed by atoms with Crippen molar-refractivity contribution in [3.8, 4) is 67.9 Å². The van der Waals surface area contributed by atoms with E-state index in [-0.39, 0.29) is 0 Å². The van der Waals surface area contributed by atoms with Crippen LogP contribution in [-0.2, 0) is 16.8 Å². The van der Waals surface area contributed by atoms with Gasteiger partial charge in [-0.3, -0.25) is 0 Å². The molecule has 60 heavy (non-hydrogen) atoms. The molecule has 0 bridgehead atoms. The monoisotopic (exact) mass is 798 g/mol. The topological polar surface area (TPSA) is 116 Å². The molecule has 0 aliphatic heterocycles. The Kier molecular flexibility index (Phi) is 8.35. The summed E-state index contributed by atoms with van der Waals surface area (Å²) in [6.07, 6.45) is 0. The summed E-state index contributed by atoms with van der Waals surface area (Å²) < 4.78 is 35.5. The van der Waals surface area contributed by atoms with Crippen molar-refractivity contribution in [2.75, 3.05) is 42.7 Å². The molecule has 9 nitrogen and oxygen atoms in total. The third-order valence-electron chi connectivity index (χ3n) is 12.7. The van der Waals surface area contributed by atoms with Gasteiger partial charge in [0.25, 0.3) is 0 Å². The van der Waals surface area contributed by atoms with Crippen LogP contribution in [0.25, 0.3) is 33.4 Å². The van der Waals surface area contributed by atoms with E-state index in [4.69, 9.17) is 28.4 Å². The molecule has 3 aliphatic carbocycles. The van der Waals surface area contributed by atoms with Crippen LogP contribution in [-0.4, -0.2) is 58.0 Å². The van der Waals surface area contributed by atoms with Crippen molar-refractivity contribution < 1.29 is 43.7 Å². The molecule has 0 saturated carbocycles. The lowest BCUT2D eigenvalue weighted by Crippen LogP contribution is -2.32. The van der Waals surface area contributed by atoms with E-state index in [1.807, 2.05) is 72.8 Å². The molecule has 3 N–H and O–H groups in total. The molecular formula is C51H42O9. The Labute approximate surface area is 347 Å². The molecule has 7 aromatic rings. The lowest BCUT2D eigenvalue weighted by molar-refractivity contribution is 0.119. The zero-order chi connectivity index (χ0) is 41.7. The van der Waals surface area contributed by atoms with Gasteiger partial charge in [0.1, 0.15) is 51.3 Å². The van der Waals surface area contributed by atoms with Gasteiger partial charge in [-0.25, -0.2) is 0 Å². The van der Waals surface area contributed by atoms with Gasteiger partial charge < -0.3 is 43.7 Å². The summed E-state index contributed by atoms with van der Waals surface area (Å²) in [5.74, 6) is 2.76. The summed E-state index contributed by atoms with van der Waals surface area (Å²) in [5, 5.41) is 42.6. The average molecular weight is 799 g/mol. The van der Waals surface area contributed by atoms with Gasteiger partial charge in [-0.15, -0.1) is 0 Å². The second kappa shape index (κ2) is 13.4. The highest BCUT2D eigenvalue weighted by Gasteiger charge is 2.60. The van der Waals surface area contributed by atoms with Crippen LogP contribution in [0.1, 0.15) is 50.1 Å². The first-order valence-corrected chi connectivity index (χ1v) is 19.5. The average Bonchev–Trinajstić information content (AvgIpc) is 3.84. The SMILES string of the molecule is COc1ccc(OC)c([C@@]2(O)c3ccccc3-c3c2c2c(c4c3[C@](O)(c3cc(OC)ccc3OC)c3ccccc3-4)[C@](O)(c3cc(OC)ccc3OC)c3ccccc3-2)c1. The fourth-order valence-electron chi connectivity index (χ4n) is 10.2. The molecule has 0 aromatic heterocycles. The molecule has 3 aliphatic rings. The summed E-state index contributed by atoms with van der Waals surface area (Å²) >= 11 is 0. The number of aliphatic hydroxyl groups is 3. The molecule has 0 radical (unpaired) electrons. The van der Waals surface area contributed by atoms with Crippen LogP contribution in [0.2, 0.25) is 0 Å². The smallest absolute Gasteiger partial charge is 0.146 e. The van der Waals surface area contributed by atoms with Gasteiger partial charge in [0.2, 0.25) is 0 Å². The lowest BCUT2D eigenvalue weighted by Gasteiger charge is -2.35. The fourth-order valence-corrected chi connectivity index (χ4v) is 10.2. The van der Waals surface area contributed by atoms with E-state index in [1.54, 1.807) is 97.3 Å². The normalized spacial score (nSPS) is 19.9. The highest BCUT2D eigenvalue weighted by molar-refractivity contribution is 6.06. The zero-order valence-electron chi connectivity index (χ0n) is 33.9. The number of hydrogen-bond acceptors (Lipinski definition) is 9. The van der Waals surface area contributed by atoms with Gasteiger partial charge >= 0.3 is 0 Å². The lowest BCUT2D eigenvalue weighted by atomic mass is 9.73. The molecule has 10 rings (SSSR count). The number of benzene rings is 7. The van der Waals surface area contributed by atoms with Crippen LogP contribution in [0.5, 0.6) is 34.5 Å². The van der Waals surface area contributed by atoms with Gasteiger partial charge in [-0.2, -0.15) is 0 Å². The van der Waals surface area contributed by atoms with Crippen molar-refractivity contribution in [2.45, 2.75) is 16.8 Å². The van der Waals surface area contributed by atoms with E-state index < -0.39 is 16.8 Å². The number of hydrogen-bond donors (Lipinski definition) is 3. The van der Waals surface area contributed by atoms with E-state index in [0.717, 1.165) is 0 Å². The van der Waals surface area contributed by atoms with Crippen LogP contribution in [0.3, 0.4) is 0 Å². The zero-order valence-corrected chi connectivity index (χ0v) is 33.9. The summed E-state index contributed by atoms with van der Waals surface area (Å²) in [4.78, 5) is 0. The van der Waals surface area contributed by atoms with E-state index in [0.29, 0.717) is 118 Å². The molecule has 0 unspecified atom stereocenters. The van der Waals surface area contributed by atoms with Crippen molar-refractivity contribution in [1.29, 1.82) is 0 Å². The number of rotatable bonds is 9. The van der Waals surface area contributed by atoms with E-state index in [9.17, 15) is 15.3 Å². The highest BCUT2D eigenvalue weighted by atomic mass is 16.5. The number of methoxy groups -OCH3 is 6. The van der Waals surface area contributed by atoms with E-state index in [1.165, 1.54) is 0 Å². The summed E-state index contributed by atoms with van der Waals surface area (Å²) in [5.41, 5.74) is 2.41. The van der Waals surface area contributed by atoms with Crippen LogP contribution in [0.15, 0.2) is 127 Å². The molecule has 0 spiro atoms. The summed E-state index contributed by atoms with van der Waals surface area (Å²) in [6, 6.07) is 39.1. The van der Waals surface area contributed by atoms with Crippen molar-refractivity contribution in [1.82, 2.24) is 0 Å². The molecule has 0 fully saturated rings. The Balaban J connectivity index is 1.50. The molecule has 7 aromatic carbocycles. The molecule has 0 saturated heterocycles. The second-order valence-corrected chi connectivity index (χ2v) is 15.2. The second-order valence-electron chi connectivity index (χ2n) is 15.2. The van der Waals surface area contributed by atoms with Crippen molar-refractivity contribution >= 4 is 0 Å². The number of fused-ring (bicyclic) bond motifs is 12. The summed E-state index contributed by atoms with van der Waals surface area (Å²) in [6.45, 7) is 0. The maximum absolute atomic E-state index is 14.2.